The van der Waals surface area contributed by atoms with E-state index in [2.05, 4.69) is 40.1 Å². The Labute approximate surface area is 332 Å². The predicted molar refractivity (Wildman–Crippen MR) is 206 cm³/mol. The van der Waals surface area contributed by atoms with Crippen LogP contribution in [0, 0.1) is 18.4 Å². The van der Waals surface area contributed by atoms with E-state index >= 15 is 4.39 Å². The Bertz CT molecular complexity index is 2610. The number of alkyl halides is 1. The molecule has 1 amide bonds. The summed E-state index contributed by atoms with van der Waals surface area (Å²) in [6.45, 7) is -1.06. The second-order valence-electron chi connectivity index (χ2n) is 13.4. The van der Waals surface area contributed by atoms with E-state index in [-0.39, 0.29) is 61.2 Å². The molecule has 9 rings (SSSR count). The van der Waals surface area contributed by atoms with Crippen molar-refractivity contribution in [3.8, 4) is 0 Å². The number of hydrogen-bond donors (Lipinski definition) is 2. The van der Waals surface area contributed by atoms with E-state index in [9.17, 15) is 9.69 Å². The monoisotopic (exact) mass is 855 g/mol. The maximum Gasteiger partial charge on any atom is 0.327 e. The molecule has 1 aromatic carbocycles. The van der Waals surface area contributed by atoms with E-state index in [1.807, 2.05) is 4.57 Å². The number of rotatable bonds is 7. The van der Waals surface area contributed by atoms with Gasteiger partial charge in [-0.1, -0.05) is 18.2 Å². The van der Waals surface area contributed by atoms with E-state index in [0.717, 1.165) is 0 Å². The number of carbonyl (C=O) groups is 1. The van der Waals surface area contributed by atoms with Crippen molar-refractivity contribution in [3.05, 3.63) is 85.0 Å². The Balaban J connectivity index is 0.983. The molecule has 2 unspecified atom stereocenters. The lowest BCUT2D eigenvalue weighted by atomic mass is 9.70. The SMILES string of the molecule is [C-]#[N+]CCOP1(=S)OC[C@H]2C[C@@H](n3cnc4c3ncn3ccnc43)[C@@H]2COP(O)(=S)OC[C@H]2O[C@@H](n3cnc4c(NC(=O)c5ccccc5)ncnc43)[C@H](F)[C@@H]2O1. The normalized spacial score (nSPS) is 30.7. The Morgan fingerprint density at radius 1 is 0.982 bits per heavy atom. The maximum atomic E-state index is 16.9. The van der Waals surface area contributed by atoms with Crippen LogP contribution in [0.5, 0.6) is 0 Å². The van der Waals surface area contributed by atoms with Crippen LogP contribution in [0.1, 0.15) is 29.0 Å². The van der Waals surface area contributed by atoms with Crippen molar-refractivity contribution in [1.29, 1.82) is 0 Å². The lowest BCUT2D eigenvalue weighted by Gasteiger charge is -2.45. The zero-order valence-corrected chi connectivity index (χ0v) is 32.9. The molecule has 6 aromatic rings. The van der Waals surface area contributed by atoms with Crippen LogP contribution in [0.15, 0.2) is 68.0 Å². The Kier molecular flexibility index (Phi) is 10.4. The summed E-state index contributed by atoms with van der Waals surface area (Å²) in [5, 5.41) is 2.72. The van der Waals surface area contributed by atoms with Crippen LogP contribution in [0.4, 0.5) is 10.2 Å². The van der Waals surface area contributed by atoms with Crippen molar-refractivity contribution in [2.75, 3.05) is 38.3 Å². The molecule has 2 aliphatic heterocycles. The summed E-state index contributed by atoms with van der Waals surface area (Å²) < 4.78 is 58.2. The molecule has 57 heavy (non-hydrogen) atoms. The zero-order valence-electron chi connectivity index (χ0n) is 29.5. The molecular formula is C33H32FN11O8P2S2. The number of anilines is 1. The van der Waals surface area contributed by atoms with Crippen LogP contribution < -0.4 is 5.32 Å². The highest BCUT2D eigenvalue weighted by Crippen LogP contribution is 2.58. The third-order valence-electron chi connectivity index (χ3n) is 10.1. The minimum Gasteiger partial charge on any atom is -0.346 e. The number of halogens is 1. The summed E-state index contributed by atoms with van der Waals surface area (Å²) in [5.41, 5.74) is 2.62. The third kappa shape index (κ3) is 7.39. The largest absolute Gasteiger partial charge is 0.346 e. The first-order valence-corrected chi connectivity index (χ1v) is 22.8. The van der Waals surface area contributed by atoms with E-state index in [0.29, 0.717) is 28.8 Å². The number of imidazole rings is 3. The van der Waals surface area contributed by atoms with Crippen LogP contribution >= 0.6 is 13.4 Å². The predicted octanol–water partition coefficient (Wildman–Crippen LogP) is 4.41. The van der Waals surface area contributed by atoms with Gasteiger partial charge in [0, 0.05) is 29.9 Å². The number of nitrogens with zero attached hydrogens (tertiary/aromatic N) is 10. The Morgan fingerprint density at radius 2 is 1.77 bits per heavy atom. The van der Waals surface area contributed by atoms with Gasteiger partial charge in [-0.3, -0.25) is 18.3 Å². The number of fused-ring (bicyclic) bond motifs is 6. The third-order valence-corrected chi connectivity index (χ3v) is 14.0. The minimum absolute atomic E-state index is 0.0206. The molecule has 2 saturated heterocycles. The molecule has 7 heterocycles. The highest BCUT2D eigenvalue weighted by molar-refractivity contribution is 8.07. The molecule has 5 aromatic heterocycles. The average Bonchev–Trinajstić information content (AvgIpc) is 4.00. The highest BCUT2D eigenvalue weighted by atomic mass is 32.5. The van der Waals surface area contributed by atoms with Crippen molar-refractivity contribution in [2.24, 2.45) is 11.8 Å². The van der Waals surface area contributed by atoms with Crippen LogP contribution in [-0.2, 0) is 51.0 Å². The van der Waals surface area contributed by atoms with Crippen molar-refractivity contribution in [2.45, 2.75) is 37.1 Å². The fraction of sp³-hybridized carbons (Fsp3) is 0.394. The van der Waals surface area contributed by atoms with Crippen LogP contribution in [0.2, 0.25) is 0 Å². The number of aromatic nitrogens is 9. The summed E-state index contributed by atoms with van der Waals surface area (Å²) in [6.07, 6.45) is 3.84. The summed E-state index contributed by atoms with van der Waals surface area (Å²) in [4.78, 5) is 53.9. The van der Waals surface area contributed by atoms with Gasteiger partial charge in [-0.15, -0.1) is 0 Å². The zero-order chi connectivity index (χ0) is 39.3. The molecule has 296 valence electrons. The molecule has 3 aliphatic rings. The lowest BCUT2D eigenvalue weighted by Crippen LogP contribution is -2.43. The number of nitrogens with one attached hydrogen (secondary N) is 1. The second kappa shape index (κ2) is 15.5. The summed E-state index contributed by atoms with van der Waals surface area (Å²) in [7, 11) is 0. The number of ether oxygens (including phenoxy) is 1. The first-order chi connectivity index (χ1) is 27.6. The molecule has 0 radical (unpaired) electrons. The molecule has 24 heteroatoms. The van der Waals surface area contributed by atoms with E-state index in [4.69, 9.17) is 57.5 Å². The standard InChI is InChI=1S/C33H32FN11O8P2S2/c1-35-8-10-48-55(57)51-12-20-11-22(44-17-40-26-29-36-7-9-43(29)16-41-31(26)44)21(20)13-49-54(47,56)50-14-23-27(53-55)24(34)33(52-23)45-18-39-25-28(37-15-38-30(25)45)42-32(46)19-5-3-2-4-6-19/h2-7,9,15-18,20-24,27,33H,8,10-14H2,(H,47,56)(H,37,38,42,46)/t20-,21-,22-,23-,24-,27-,33-,54?,55?/m1/s1. The van der Waals surface area contributed by atoms with Crippen molar-refractivity contribution >= 4 is 76.8 Å². The number of carbonyl (C=O) groups excluding carboxylic acids is 1. The molecular weight excluding hydrogens is 824 g/mol. The minimum atomic E-state index is -3.93. The average molecular weight is 856 g/mol. The second-order valence-corrected chi connectivity index (χ2v) is 19.2. The Morgan fingerprint density at radius 3 is 2.61 bits per heavy atom. The fourth-order valence-electron chi connectivity index (χ4n) is 7.22. The molecule has 19 nitrogen and oxygen atoms in total. The van der Waals surface area contributed by atoms with Gasteiger partial charge >= 0.3 is 13.4 Å². The topological polar surface area (TPSA) is 201 Å². The first-order valence-electron chi connectivity index (χ1n) is 17.6. The Hall–Kier alpha value is -4.23. The molecule has 9 atom stereocenters. The van der Waals surface area contributed by atoms with Gasteiger partial charge in [-0.25, -0.2) is 40.9 Å². The molecule has 2 N–H and O–H groups in total. The number of amides is 1. The summed E-state index contributed by atoms with van der Waals surface area (Å²) in [6, 6.07) is 8.35. The van der Waals surface area contributed by atoms with E-state index < -0.39 is 50.6 Å². The van der Waals surface area contributed by atoms with E-state index in [1.165, 1.54) is 17.2 Å². The summed E-state index contributed by atoms with van der Waals surface area (Å²) in [5.74, 6) is -0.810. The van der Waals surface area contributed by atoms with Gasteiger partial charge in [0.25, 0.3) is 5.91 Å². The van der Waals surface area contributed by atoms with Gasteiger partial charge in [0.2, 0.25) is 6.54 Å². The first kappa shape index (κ1) is 38.3. The van der Waals surface area contributed by atoms with Gasteiger partial charge in [0.15, 0.2) is 46.2 Å². The van der Waals surface area contributed by atoms with Crippen molar-refractivity contribution in [3.63, 3.8) is 0 Å². The summed E-state index contributed by atoms with van der Waals surface area (Å²) >= 11 is 11.3. The fourth-order valence-corrected chi connectivity index (χ4v) is 10.5. The molecule has 3 fully saturated rings. The smallest absolute Gasteiger partial charge is 0.327 e. The maximum absolute atomic E-state index is 16.9. The number of benzene rings is 1. The van der Waals surface area contributed by atoms with Crippen LogP contribution in [0.3, 0.4) is 0 Å². The van der Waals surface area contributed by atoms with Crippen molar-refractivity contribution < 1.29 is 41.4 Å². The molecule has 1 aliphatic carbocycles. The van der Waals surface area contributed by atoms with Gasteiger partial charge in [-0.05, 0) is 48.1 Å². The molecule has 1 saturated carbocycles. The van der Waals surface area contributed by atoms with Crippen LogP contribution in [0.25, 0.3) is 32.8 Å². The van der Waals surface area contributed by atoms with Gasteiger partial charge < -0.3 is 42.5 Å². The molecule has 0 spiro atoms. The van der Waals surface area contributed by atoms with Gasteiger partial charge in [-0.2, -0.15) is 0 Å². The highest BCUT2D eigenvalue weighted by Gasteiger charge is 2.52. The lowest BCUT2D eigenvalue weighted by molar-refractivity contribution is -0.0430. The van der Waals surface area contributed by atoms with E-state index in [1.54, 1.807) is 59.8 Å². The molecule has 0 bridgehead atoms. The quantitative estimate of drug-likeness (QED) is 0.130. The van der Waals surface area contributed by atoms with Crippen LogP contribution in [-0.4, -0.2) is 106 Å². The van der Waals surface area contributed by atoms with Gasteiger partial charge in [0.05, 0.1) is 32.5 Å². The van der Waals surface area contributed by atoms with Gasteiger partial charge in [0.1, 0.15) is 31.5 Å². The van der Waals surface area contributed by atoms with Crippen molar-refractivity contribution in [1.82, 2.24) is 43.4 Å². The number of hydrogen-bond acceptors (Lipinski definition) is 15.